The smallest absolute Gasteiger partial charge is 0.326 e. The minimum absolute atomic E-state index is 0.0891. The van der Waals surface area contributed by atoms with E-state index in [9.17, 15) is 19.2 Å². The first-order valence-corrected chi connectivity index (χ1v) is 12.1. The molecule has 2 atom stereocenters. The molecule has 33 heavy (non-hydrogen) atoms. The quantitative estimate of drug-likeness (QED) is 0.144. The molecular formula is C23H45N3O7. The molecule has 0 spiro atoms. The fourth-order valence-corrected chi connectivity index (χ4v) is 3.02. The molecule has 2 unspecified atom stereocenters. The zero-order valence-electron chi connectivity index (χ0n) is 20.1. The van der Waals surface area contributed by atoms with Crippen molar-refractivity contribution in [2.75, 3.05) is 6.54 Å². The van der Waals surface area contributed by atoms with Crippen LogP contribution in [-0.4, -0.2) is 57.8 Å². The van der Waals surface area contributed by atoms with E-state index >= 15 is 0 Å². The summed E-state index contributed by atoms with van der Waals surface area (Å²) in [6.07, 6.45) is 12.5. The molecule has 0 heterocycles. The molecule has 194 valence electrons. The maximum absolute atomic E-state index is 11.7. The number of hydrogen-bond acceptors (Lipinski definition) is 6. The molecule has 10 heteroatoms. The van der Waals surface area contributed by atoms with E-state index in [1.807, 2.05) is 0 Å². The highest BCUT2D eigenvalue weighted by Crippen LogP contribution is 2.10. The molecule has 10 nitrogen and oxygen atoms in total. The van der Waals surface area contributed by atoms with Crippen molar-refractivity contribution in [3.63, 3.8) is 0 Å². The number of carboxylic acid groups (broad SMARTS) is 3. The summed E-state index contributed by atoms with van der Waals surface area (Å²) in [5.41, 5.74) is 10.4. The standard InChI is InChI=1S/C17H31NO5.C6H14N2O2/c1-2-3-4-5-6-7-8-9-10-11-15(19)18-14(17(22)23)12-13-16(20)21;7-4-2-1-3-5(8)6(9)10/h14H,2-13H2,1H3,(H,18,19)(H,20,21)(H,22,23);5H,1-4,7-8H2,(H,9,10). The number of aliphatic carboxylic acids is 3. The number of carbonyl (C=O) groups is 4. The van der Waals surface area contributed by atoms with Crippen LogP contribution in [0.3, 0.4) is 0 Å². The monoisotopic (exact) mass is 475 g/mol. The number of rotatable bonds is 20. The van der Waals surface area contributed by atoms with Gasteiger partial charge in [0.25, 0.3) is 0 Å². The summed E-state index contributed by atoms with van der Waals surface area (Å²) >= 11 is 0. The first kappa shape index (κ1) is 33.0. The second kappa shape index (κ2) is 23.0. The van der Waals surface area contributed by atoms with Crippen molar-refractivity contribution in [3.05, 3.63) is 0 Å². The molecule has 1 amide bonds. The molecule has 0 aromatic rings. The van der Waals surface area contributed by atoms with E-state index in [1.165, 1.54) is 38.5 Å². The Morgan fingerprint density at radius 1 is 0.727 bits per heavy atom. The van der Waals surface area contributed by atoms with Gasteiger partial charge in [-0.15, -0.1) is 0 Å². The summed E-state index contributed by atoms with van der Waals surface area (Å²) < 4.78 is 0. The highest BCUT2D eigenvalue weighted by atomic mass is 16.4. The third-order valence-electron chi connectivity index (χ3n) is 5.07. The van der Waals surface area contributed by atoms with Crippen molar-refractivity contribution in [1.29, 1.82) is 0 Å². The molecule has 0 aliphatic carbocycles. The average Bonchev–Trinajstić information content (AvgIpc) is 2.75. The number of amides is 1. The summed E-state index contributed by atoms with van der Waals surface area (Å²) in [4.78, 5) is 43.2. The van der Waals surface area contributed by atoms with Crippen LogP contribution in [-0.2, 0) is 19.2 Å². The lowest BCUT2D eigenvalue weighted by Gasteiger charge is -2.13. The molecule has 0 aliphatic rings. The van der Waals surface area contributed by atoms with Crippen molar-refractivity contribution in [3.8, 4) is 0 Å². The lowest BCUT2D eigenvalue weighted by Crippen LogP contribution is -2.41. The first-order valence-electron chi connectivity index (χ1n) is 12.1. The predicted molar refractivity (Wildman–Crippen MR) is 127 cm³/mol. The Bertz CT molecular complexity index is 544. The largest absolute Gasteiger partial charge is 0.481 e. The maximum Gasteiger partial charge on any atom is 0.326 e. The molecule has 0 saturated heterocycles. The van der Waals surface area contributed by atoms with Gasteiger partial charge in [0.2, 0.25) is 5.91 Å². The van der Waals surface area contributed by atoms with Gasteiger partial charge in [-0.25, -0.2) is 4.79 Å². The molecule has 0 fully saturated rings. The van der Waals surface area contributed by atoms with Gasteiger partial charge in [0, 0.05) is 12.8 Å². The number of nitrogens with two attached hydrogens (primary N) is 2. The first-order chi connectivity index (χ1) is 15.6. The Balaban J connectivity index is 0. The molecule has 0 radical (unpaired) electrons. The van der Waals surface area contributed by atoms with Gasteiger partial charge in [-0.1, -0.05) is 64.7 Å². The summed E-state index contributed by atoms with van der Waals surface area (Å²) in [6, 6.07) is -1.83. The zero-order valence-corrected chi connectivity index (χ0v) is 20.1. The van der Waals surface area contributed by atoms with Crippen molar-refractivity contribution < 1.29 is 34.5 Å². The van der Waals surface area contributed by atoms with Crippen LogP contribution in [0.5, 0.6) is 0 Å². The van der Waals surface area contributed by atoms with Gasteiger partial charge in [-0.05, 0) is 32.2 Å². The Hall–Kier alpha value is -2.20. The minimum Gasteiger partial charge on any atom is -0.481 e. The van der Waals surface area contributed by atoms with Crippen LogP contribution in [0.4, 0.5) is 0 Å². The van der Waals surface area contributed by atoms with Gasteiger partial charge in [0.1, 0.15) is 12.1 Å². The predicted octanol–water partition coefficient (Wildman–Crippen LogP) is 2.87. The van der Waals surface area contributed by atoms with Gasteiger partial charge < -0.3 is 32.1 Å². The van der Waals surface area contributed by atoms with E-state index in [1.54, 1.807) is 0 Å². The molecule has 0 aromatic carbocycles. The Kier molecular flexibility index (Phi) is 23.0. The van der Waals surface area contributed by atoms with Gasteiger partial charge >= 0.3 is 17.9 Å². The van der Waals surface area contributed by atoms with Crippen molar-refractivity contribution >= 4 is 23.8 Å². The lowest BCUT2D eigenvalue weighted by atomic mass is 10.1. The molecule has 0 rings (SSSR count). The van der Waals surface area contributed by atoms with Crippen LogP contribution in [0.15, 0.2) is 0 Å². The molecule has 0 aliphatic heterocycles. The SMILES string of the molecule is CCCCCCCCCCCC(=O)NC(CCC(=O)O)C(=O)O.NCCCCC(N)C(=O)O. The number of unbranched alkanes of at least 4 members (excludes halogenated alkanes) is 9. The number of hydrogen-bond donors (Lipinski definition) is 6. The third kappa shape index (κ3) is 24.3. The van der Waals surface area contributed by atoms with Crippen LogP contribution in [0.25, 0.3) is 0 Å². The van der Waals surface area contributed by atoms with Crippen LogP contribution in [0, 0.1) is 0 Å². The average molecular weight is 476 g/mol. The molecular weight excluding hydrogens is 430 g/mol. The summed E-state index contributed by atoms with van der Waals surface area (Å²) in [6.45, 7) is 2.80. The normalized spacial score (nSPS) is 12.2. The van der Waals surface area contributed by atoms with Crippen LogP contribution in [0.1, 0.15) is 103 Å². The number of carboxylic acids is 3. The van der Waals surface area contributed by atoms with Gasteiger partial charge in [-0.3, -0.25) is 14.4 Å². The fourth-order valence-electron chi connectivity index (χ4n) is 3.02. The second-order valence-electron chi connectivity index (χ2n) is 8.20. The molecule has 0 saturated carbocycles. The fraction of sp³-hybridized carbons (Fsp3) is 0.826. The van der Waals surface area contributed by atoms with Gasteiger partial charge in [0.15, 0.2) is 0 Å². The number of nitrogens with one attached hydrogen (secondary N) is 1. The second-order valence-corrected chi connectivity index (χ2v) is 8.20. The lowest BCUT2D eigenvalue weighted by molar-refractivity contribution is -0.143. The van der Waals surface area contributed by atoms with E-state index in [0.717, 1.165) is 32.1 Å². The van der Waals surface area contributed by atoms with Crippen molar-refractivity contribution in [1.82, 2.24) is 5.32 Å². The van der Waals surface area contributed by atoms with E-state index in [4.69, 9.17) is 26.8 Å². The Morgan fingerprint density at radius 3 is 1.73 bits per heavy atom. The summed E-state index contributed by atoms with van der Waals surface area (Å²) in [5, 5.41) is 28.2. The van der Waals surface area contributed by atoms with E-state index in [2.05, 4.69) is 12.2 Å². The molecule has 0 bridgehead atoms. The third-order valence-corrected chi connectivity index (χ3v) is 5.07. The van der Waals surface area contributed by atoms with Crippen molar-refractivity contribution in [2.45, 2.75) is 115 Å². The van der Waals surface area contributed by atoms with Crippen molar-refractivity contribution in [2.24, 2.45) is 11.5 Å². The maximum atomic E-state index is 11.7. The topological polar surface area (TPSA) is 193 Å². The van der Waals surface area contributed by atoms with E-state index < -0.39 is 30.0 Å². The van der Waals surface area contributed by atoms with Crippen LogP contribution >= 0.6 is 0 Å². The van der Waals surface area contributed by atoms with Gasteiger partial charge in [0.05, 0.1) is 0 Å². The zero-order chi connectivity index (χ0) is 25.5. The van der Waals surface area contributed by atoms with E-state index in [0.29, 0.717) is 19.4 Å². The minimum atomic E-state index is -1.19. The Morgan fingerprint density at radius 2 is 1.27 bits per heavy atom. The van der Waals surface area contributed by atoms with E-state index in [-0.39, 0.29) is 18.7 Å². The summed E-state index contributed by atoms with van der Waals surface area (Å²) in [5.74, 6) is -3.50. The van der Waals surface area contributed by atoms with Crippen LogP contribution in [0.2, 0.25) is 0 Å². The van der Waals surface area contributed by atoms with Gasteiger partial charge in [-0.2, -0.15) is 0 Å². The molecule has 0 aromatic heterocycles. The Labute approximate surface area is 197 Å². The summed E-state index contributed by atoms with van der Waals surface area (Å²) in [7, 11) is 0. The molecule has 8 N–H and O–H groups in total. The number of carbonyl (C=O) groups excluding carboxylic acids is 1. The van der Waals surface area contributed by atoms with Crippen LogP contribution < -0.4 is 16.8 Å². The highest BCUT2D eigenvalue weighted by Gasteiger charge is 2.20. The highest BCUT2D eigenvalue weighted by molar-refractivity contribution is 5.83.